The lowest BCUT2D eigenvalue weighted by Gasteiger charge is -2.20. The highest BCUT2D eigenvalue weighted by Gasteiger charge is 2.13. The average molecular weight is 264 g/mol. The maximum absolute atomic E-state index is 6.05. The van der Waals surface area contributed by atoms with Crippen LogP contribution in [0.4, 0.5) is 5.69 Å². The summed E-state index contributed by atoms with van der Waals surface area (Å²) in [5.41, 5.74) is 4.43. The SMILES string of the molecule is CNCc1nc2cc(Cl)ccc2c(N(C)C)c1C. The molecule has 2 aromatic rings. The Kier molecular flexibility index (Phi) is 3.73. The van der Waals surface area contributed by atoms with Crippen LogP contribution in [0.1, 0.15) is 11.3 Å². The maximum Gasteiger partial charge on any atom is 0.0741 e. The molecule has 0 atom stereocenters. The monoisotopic (exact) mass is 263 g/mol. The highest BCUT2D eigenvalue weighted by molar-refractivity contribution is 6.31. The number of halogens is 1. The zero-order chi connectivity index (χ0) is 13.3. The minimum Gasteiger partial charge on any atom is -0.377 e. The van der Waals surface area contributed by atoms with E-state index >= 15 is 0 Å². The summed E-state index contributed by atoms with van der Waals surface area (Å²) in [6.45, 7) is 2.87. The van der Waals surface area contributed by atoms with Crippen LogP contribution in [0.3, 0.4) is 0 Å². The van der Waals surface area contributed by atoms with E-state index < -0.39 is 0 Å². The Morgan fingerprint density at radius 2 is 2.06 bits per heavy atom. The Hall–Kier alpha value is -1.32. The predicted octanol–water partition coefficient (Wildman–Crippen LogP) is 2.98. The van der Waals surface area contributed by atoms with Gasteiger partial charge in [0.1, 0.15) is 0 Å². The van der Waals surface area contributed by atoms with Crippen LogP contribution >= 0.6 is 11.6 Å². The summed E-state index contributed by atoms with van der Waals surface area (Å²) in [5, 5.41) is 5.02. The third kappa shape index (κ3) is 2.28. The molecule has 0 saturated heterocycles. The van der Waals surface area contributed by atoms with Crippen molar-refractivity contribution in [1.82, 2.24) is 10.3 Å². The summed E-state index contributed by atoms with van der Waals surface area (Å²) in [6.07, 6.45) is 0. The van der Waals surface area contributed by atoms with Gasteiger partial charge in [-0.15, -0.1) is 0 Å². The molecule has 1 aromatic heterocycles. The van der Waals surface area contributed by atoms with Crippen LogP contribution in [-0.2, 0) is 6.54 Å². The van der Waals surface area contributed by atoms with Crippen LogP contribution in [0.25, 0.3) is 10.9 Å². The summed E-state index contributed by atoms with van der Waals surface area (Å²) in [4.78, 5) is 6.83. The number of nitrogens with zero attached hydrogens (tertiary/aromatic N) is 2. The van der Waals surface area contributed by atoms with Crippen molar-refractivity contribution in [1.29, 1.82) is 0 Å². The van der Waals surface area contributed by atoms with E-state index in [-0.39, 0.29) is 0 Å². The fourth-order valence-electron chi connectivity index (χ4n) is 2.28. The average Bonchev–Trinajstić information content (AvgIpc) is 2.30. The van der Waals surface area contributed by atoms with Gasteiger partial charge in [-0.25, -0.2) is 0 Å². The first-order valence-corrected chi connectivity index (χ1v) is 6.33. The number of hydrogen-bond acceptors (Lipinski definition) is 3. The molecule has 1 aromatic carbocycles. The van der Waals surface area contributed by atoms with Crippen LogP contribution in [0.2, 0.25) is 5.02 Å². The molecule has 2 rings (SSSR count). The van der Waals surface area contributed by atoms with Crippen molar-refractivity contribution in [2.45, 2.75) is 13.5 Å². The summed E-state index contributed by atoms with van der Waals surface area (Å²) in [5.74, 6) is 0. The molecule has 0 spiro atoms. The Bertz CT molecular complexity index is 579. The molecule has 0 radical (unpaired) electrons. The smallest absolute Gasteiger partial charge is 0.0741 e. The lowest BCUT2D eigenvalue weighted by atomic mass is 10.1. The minimum absolute atomic E-state index is 0.721. The molecule has 0 amide bonds. The lowest BCUT2D eigenvalue weighted by molar-refractivity contribution is 0.788. The fraction of sp³-hybridized carbons (Fsp3) is 0.357. The summed E-state index contributed by atoms with van der Waals surface area (Å²) < 4.78 is 0. The van der Waals surface area contributed by atoms with Crippen LogP contribution in [-0.4, -0.2) is 26.1 Å². The van der Waals surface area contributed by atoms with Gasteiger partial charge in [-0.05, 0) is 37.7 Å². The van der Waals surface area contributed by atoms with E-state index in [2.05, 4.69) is 31.2 Å². The van der Waals surface area contributed by atoms with Crippen LogP contribution in [0.15, 0.2) is 18.2 Å². The molecule has 1 N–H and O–H groups in total. The van der Waals surface area contributed by atoms with Crippen molar-refractivity contribution in [3.8, 4) is 0 Å². The topological polar surface area (TPSA) is 28.2 Å². The van der Waals surface area contributed by atoms with E-state index in [4.69, 9.17) is 16.6 Å². The highest BCUT2D eigenvalue weighted by atomic mass is 35.5. The quantitative estimate of drug-likeness (QED) is 0.923. The standard InChI is InChI=1S/C14H18ClN3/c1-9-13(8-16-2)17-12-7-10(15)5-6-11(12)14(9)18(3)4/h5-7,16H,8H2,1-4H3. The van der Waals surface area contributed by atoms with Crippen LogP contribution in [0, 0.1) is 6.92 Å². The molecule has 0 aliphatic carbocycles. The molecule has 0 aliphatic heterocycles. The molecule has 18 heavy (non-hydrogen) atoms. The van der Waals surface area contributed by atoms with Gasteiger partial charge in [-0.3, -0.25) is 4.98 Å². The molecule has 0 fully saturated rings. The Morgan fingerprint density at radius 1 is 1.33 bits per heavy atom. The first-order chi connectivity index (χ1) is 8.54. The van der Waals surface area contributed by atoms with E-state index in [1.165, 1.54) is 11.3 Å². The first kappa shape index (κ1) is 13.1. The van der Waals surface area contributed by atoms with E-state index in [1.54, 1.807) is 0 Å². The van der Waals surface area contributed by atoms with Gasteiger partial charge in [0.15, 0.2) is 0 Å². The highest BCUT2D eigenvalue weighted by Crippen LogP contribution is 2.31. The predicted molar refractivity (Wildman–Crippen MR) is 78.6 cm³/mol. The van der Waals surface area contributed by atoms with E-state index in [1.807, 2.05) is 25.2 Å². The lowest BCUT2D eigenvalue weighted by Crippen LogP contribution is -2.15. The van der Waals surface area contributed by atoms with Gasteiger partial charge in [0.2, 0.25) is 0 Å². The summed E-state index contributed by atoms with van der Waals surface area (Å²) in [7, 11) is 6.04. The fourth-order valence-corrected chi connectivity index (χ4v) is 2.45. The van der Waals surface area contributed by atoms with Gasteiger partial charge >= 0.3 is 0 Å². The third-order valence-corrected chi connectivity index (χ3v) is 3.28. The maximum atomic E-state index is 6.05. The van der Waals surface area contributed by atoms with Gasteiger partial charge in [0.25, 0.3) is 0 Å². The Labute approximate surface area is 113 Å². The van der Waals surface area contributed by atoms with Crippen molar-refractivity contribution in [2.75, 3.05) is 26.0 Å². The van der Waals surface area contributed by atoms with Gasteiger partial charge in [-0.1, -0.05) is 11.6 Å². The number of fused-ring (bicyclic) bond motifs is 1. The molecule has 0 saturated carbocycles. The number of nitrogens with one attached hydrogen (secondary N) is 1. The molecule has 1 heterocycles. The number of benzene rings is 1. The molecule has 0 bridgehead atoms. The molecule has 96 valence electrons. The molecule has 3 nitrogen and oxygen atoms in total. The van der Waals surface area contributed by atoms with E-state index in [0.29, 0.717) is 0 Å². The number of aromatic nitrogens is 1. The Morgan fingerprint density at radius 3 is 2.67 bits per heavy atom. The van der Waals surface area contributed by atoms with Gasteiger partial charge in [-0.2, -0.15) is 0 Å². The zero-order valence-corrected chi connectivity index (χ0v) is 12.0. The van der Waals surface area contributed by atoms with Gasteiger partial charge in [0, 0.05) is 31.0 Å². The number of hydrogen-bond donors (Lipinski definition) is 1. The van der Waals surface area contributed by atoms with Crippen molar-refractivity contribution in [2.24, 2.45) is 0 Å². The van der Waals surface area contributed by atoms with Crippen molar-refractivity contribution < 1.29 is 0 Å². The summed E-state index contributed by atoms with van der Waals surface area (Å²) >= 11 is 6.05. The van der Waals surface area contributed by atoms with E-state index in [9.17, 15) is 0 Å². The van der Waals surface area contributed by atoms with Gasteiger partial charge in [0.05, 0.1) is 16.9 Å². The summed E-state index contributed by atoms with van der Waals surface area (Å²) in [6, 6.07) is 5.87. The number of pyridine rings is 1. The second-order valence-corrected chi connectivity index (χ2v) is 5.05. The largest absolute Gasteiger partial charge is 0.377 e. The second-order valence-electron chi connectivity index (χ2n) is 4.62. The normalized spacial score (nSPS) is 10.9. The zero-order valence-electron chi connectivity index (χ0n) is 11.2. The third-order valence-electron chi connectivity index (χ3n) is 3.05. The molecular formula is C14H18ClN3. The molecule has 0 unspecified atom stereocenters. The minimum atomic E-state index is 0.721. The van der Waals surface area contributed by atoms with Crippen molar-refractivity contribution >= 4 is 28.2 Å². The molecule has 0 aliphatic rings. The van der Waals surface area contributed by atoms with Crippen molar-refractivity contribution in [3.63, 3.8) is 0 Å². The first-order valence-electron chi connectivity index (χ1n) is 5.95. The van der Waals surface area contributed by atoms with Crippen molar-refractivity contribution in [3.05, 3.63) is 34.5 Å². The van der Waals surface area contributed by atoms with E-state index in [0.717, 1.165) is 28.2 Å². The molecular weight excluding hydrogens is 246 g/mol. The van der Waals surface area contributed by atoms with Crippen LogP contribution in [0.5, 0.6) is 0 Å². The second kappa shape index (κ2) is 5.12. The Balaban J connectivity index is 2.78. The number of anilines is 1. The molecule has 4 heteroatoms. The van der Waals surface area contributed by atoms with Crippen LogP contribution < -0.4 is 10.2 Å². The van der Waals surface area contributed by atoms with Gasteiger partial charge < -0.3 is 10.2 Å². The number of rotatable bonds is 3.